The summed E-state index contributed by atoms with van der Waals surface area (Å²) in [5.74, 6) is 1.25. The van der Waals surface area contributed by atoms with E-state index >= 15 is 0 Å². The molecule has 3 rings (SSSR count). The number of hydrogen-bond donors (Lipinski definition) is 1. The number of aryl methyl sites for hydroxylation is 2. The molecule has 2 fully saturated rings. The highest BCUT2D eigenvalue weighted by Gasteiger charge is 2.30. The highest BCUT2D eigenvalue weighted by molar-refractivity contribution is 14.0. The van der Waals surface area contributed by atoms with Crippen LogP contribution in [0.4, 0.5) is 0 Å². The van der Waals surface area contributed by atoms with Gasteiger partial charge in [-0.3, -0.25) is 14.7 Å². The Morgan fingerprint density at radius 3 is 2.40 bits per heavy atom. The molecule has 1 aromatic rings. The zero-order valence-electron chi connectivity index (χ0n) is 18.8. The van der Waals surface area contributed by atoms with Crippen LogP contribution in [0.5, 0.6) is 0 Å². The second-order valence-corrected chi connectivity index (χ2v) is 9.21. The molecule has 170 valence electrons. The van der Waals surface area contributed by atoms with Gasteiger partial charge in [0.15, 0.2) is 5.96 Å². The number of nitrogens with zero attached hydrogens (tertiary/aromatic N) is 5. The Kier molecular flexibility index (Phi) is 10.3. The summed E-state index contributed by atoms with van der Waals surface area (Å²) in [5.41, 5.74) is 1.23. The Labute approximate surface area is 202 Å². The number of nitrogens with one attached hydrogen (secondary N) is 1. The number of carbonyl (C=O) groups excluding carboxylic acids is 1. The van der Waals surface area contributed by atoms with E-state index in [1.165, 1.54) is 15.6 Å². The number of guanidine groups is 1. The Hall–Kier alpha value is -0.940. The van der Waals surface area contributed by atoms with Gasteiger partial charge < -0.3 is 15.1 Å². The average molecular weight is 549 g/mol. The van der Waals surface area contributed by atoms with Crippen LogP contribution < -0.4 is 5.32 Å². The molecule has 0 bridgehead atoms. The van der Waals surface area contributed by atoms with Crippen molar-refractivity contribution in [2.75, 3.05) is 52.9 Å². The summed E-state index contributed by atoms with van der Waals surface area (Å²) >= 11 is 1.80. The summed E-state index contributed by atoms with van der Waals surface area (Å²) in [7, 11) is 1.84. The Morgan fingerprint density at radius 1 is 1.17 bits per heavy atom. The number of piperazine rings is 1. The van der Waals surface area contributed by atoms with E-state index in [9.17, 15) is 4.79 Å². The van der Waals surface area contributed by atoms with Gasteiger partial charge in [0, 0.05) is 64.2 Å². The molecule has 1 amide bonds. The smallest absolute Gasteiger partial charge is 0.239 e. The van der Waals surface area contributed by atoms with Crippen molar-refractivity contribution in [3.05, 3.63) is 15.6 Å². The van der Waals surface area contributed by atoms with E-state index in [-0.39, 0.29) is 30.0 Å². The van der Waals surface area contributed by atoms with Gasteiger partial charge in [-0.2, -0.15) is 0 Å². The molecule has 2 aliphatic rings. The first-order valence-electron chi connectivity index (χ1n) is 11.0. The van der Waals surface area contributed by atoms with Gasteiger partial charge in [0.25, 0.3) is 0 Å². The maximum Gasteiger partial charge on any atom is 0.239 e. The zero-order valence-corrected chi connectivity index (χ0v) is 22.0. The molecule has 3 heterocycles. The lowest BCUT2D eigenvalue weighted by molar-refractivity contribution is -0.135. The fourth-order valence-corrected chi connectivity index (χ4v) is 5.24. The second-order valence-electron chi connectivity index (χ2n) is 7.92. The number of carbonyl (C=O) groups is 1. The summed E-state index contributed by atoms with van der Waals surface area (Å²) in [6.45, 7) is 12.7. The summed E-state index contributed by atoms with van der Waals surface area (Å²) < 4.78 is 0. The van der Waals surface area contributed by atoms with Crippen molar-refractivity contribution in [1.29, 1.82) is 0 Å². The molecule has 0 aromatic carbocycles. The molecular weight excluding hydrogens is 511 g/mol. The lowest BCUT2D eigenvalue weighted by Crippen LogP contribution is -2.57. The first kappa shape index (κ1) is 25.3. The first-order valence-corrected chi connectivity index (χ1v) is 11.8. The maximum atomic E-state index is 12.7. The first-order chi connectivity index (χ1) is 14.0. The number of aliphatic imine (C=N–C) groups is 1. The van der Waals surface area contributed by atoms with Crippen molar-refractivity contribution in [2.45, 2.75) is 52.5 Å². The van der Waals surface area contributed by atoms with Crippen LogP contribution in [0.1, 0.15) is 42.3 Å². The predicted molar refractivity (Wildman–Crippen MR) is 135 cm³/mol. The molecule has 1 atom stereocenters. The number of rotatable bonds is 6. The predicted octanol–water partition coefficient (Wildman–Crippen LogP) is 2.38. The zero-order chi connectivity index (χ0) is 20.8. The number of halogens is 1. The second kappa shape index (κ2) is 12.2. The minimum atomic E-state index is -0.0221. The number of hydrogen-bond acceptors (Lipinski definition) is 5. The molecule has 1 N–H and O–H groups in total. The van der Waals surface area contributed by atoms with Gasteiger partial charge in [-0.25, -0.2) is 4.98 Å². The number of likely N-dealkylation sites (tertiary alicyclic amines) is 1. The molecule has 1 aromatic heterocycles. The van der Waals surface area contributed by atoms with Crippen LogP contribution >= 0.6 is 35.3 Å². The standard InChI is InChI=1S/C21H36N6OS.HI/c1-5-18-17(3)29-19(24-18)8-9-23-21(22-4)27-14-12-25(13-15-27)16(2)20(28)26-10-6-7-11-26;/h16H,5-15H2,1-4H3,(H,22,23);1H. The molecule has 7 nitrogen and oxygen atoms in total. The minimum absolute atomic E-state index is 0. The number of amides is 1. The van der Waals surface area contributed by atoms with Crippen molar-refractivity contribution < 1.29 is 4.79 Å². The monoisotopic (exact) mass is 548 g/mol. The molecule has 9 heteroatoms. The maximum absolute atomic E-state index is 12.7. The van der Waals surface area contributed by atoms with Crippen molar-refractivity contribution in [2.24, 2.45) is 4.99 Å². The molecule has 2 saturated heterocycles. The van der Waals surface area contributed by atoms with E-state index < -0.39 is 0 Å². The highest BCUT2D eigenvalue weighted by atomic mass is 127. The van der Waals surface area contributed by atoms with Gasteiger partial charge in [-0.05, 0) is 33.1 Å². The normalized spacial score (nSPS) is 19.0. The van der Waals surface area contributed by atoms with Gasteiger partial charge >= 0.3 is 0 Å². The molecule has 30 heavy (non-hydrogen) atoms. The fraction of sp³-hybridized carbons (Fsp3) is 0.762. The van der Waals surface area contributed by atoms with E-state index in [1.54, 1.807) is 11.3 Å². The van der Waals surface area contributed by atoms with E-state index in [0.717, 1.165) is 77.5 Å². The Bertz CT molecular complexity index is 710. The molecule has 2 aliphatic heterocycles. The molecule has 0 aliphatic carbocycles. The van der Waals surface area contributed by atoms with Crippen molar-refractivity contribution >= 4 is 47.2 Å². The Morgan fingerprint density at radius 2 is 1.83 bits per heavy atom. The van der Waals surface area contributed by atoms with Crippen molar-refractivity contribution in [3.63, 3.8) is 0 Å². The van der Waals surface area contributed by atoms with E-state index in [4.69, 9.17) is 4.98 Å². The lowest BCUT2D eigenvalue weighted by atomic mass is 10.2. The van der Waals surface area contributed by atoms with Crippen LogP contribution in [-0.4, -0.2) is 90.5 Å². The van der Waals surface area contributed by atoms with Crippen molar-refractivity contribution in [3.8, 4) is 0 Å². The fourth-order valence-electron chi connectivity index (χ4n) is 4.22. The third-order valence-corrected chi connectivity index (χ3v) is 7.12. The molecular formula is C21H37IN6OS. The van der Waals surface area contributed by atoms with E-state index in [2.05, 4.69) is 40.9 Å². The summed E-state index contributed by atoms with van der Waals surface area (Å²) in [4.78, 5) is 29.8. The van der Waals surface area contributed by atoms with E-state index in [1.807, 2.05) is 11.9 Å². The lowest BCUT2D eigenvalue weighted by Gasteiger charge is -2.39. The van der Waals surface area contributed by atoms with Gasteiger partial charge in [-0.1, -0.05) is 6.92 Å². The third-order valence-electron chi connectivity index (χ3n) is 6.04. The number of thiazole rings is 1. The number of aromatic nitrogens is 1. The Balaban J connectivity index is 0.00000320. The quantitative estimate of drug-likeness (QED) is 0.336. The van der Waals surface area contributed by atoms with Crippen LogP contribution in [0.3, 0.4) is 0 Å². The molecule has 0 saturated carbocycles. The van der Waals surface area contributed by atoms with Gasteiger partial charge in [0.2, 0.25) is 5.91 Å². The molecule has 1 unspecified atom stereocenters. The average Bonchev–Trinajstić information content (AvgIpc) is 3.40. The highest BCUT2D eigenvalue weighted by Crippen LogP contribution is 2.18. The third kappa shape index (κ3) is 6.29. The van der Waals surface area contributed by atoms with Crippen molar-refractivity contribution in [1.82, 2.24) is 25.0 Å². The topological polar surface area (TPSA) is 64.1 Å². The largest absolute Gasteiger partial charge is 0.356 e. The van der Waals surface area contributed by atoms with Crippen LogP contribution in [0, 0.1) is 6.92 Å². The van der Waals surface area contributed by atoms with Crippen LogP contribution in [0.15, 0.2) is 4.99 Å². The van der Waals surface area contributed by atoms with Gasteiger partial charge in [-0.15, -0.1) is 35.3 Å². The van der Waals surface area contributed by atoms with Crippen LogP contribution in [0.2, 0.25) is 0 Å². The molecule has 0 radical (unpaired) electrons. The van der Waals surface area contributed by atoms with Gasteiger partial charge in [0.1, 0.15) is 0 Å². The molecule has 0 spiro atoms. The minimum Gasteiger partial charge on any atom is -0.356 e. The SMILES string of the molecule is CCc1nc(CCNC(=NC)N2CCN(C(C)C(=O)N3CCCC3)CC2)sc1C.I. The van der Waals surface area contributed by atoms with Crippen LogP contribution in [-0.2, 0) is 17.6 Å². The summed E-state index contributed by atoms with van der Waals surface area (Å²) in [6.07, 6.45) is 4.22. The summed E-state index contributed by atoms with van der Waals surface area (Å²) in [6, 6.07) is -0.0221. The van der Waals surface area contributed by atoms with Crippen LogP contribution in [0.25, 0.3) is 0 Å². The summed E-state index contributed by atoms with van der Waals surface area (Å²) in [5, 5.41) is 4.69. The van der Waals surface area contributed by atoms with Gasteiger partial charge in [0.05, 0.1) is 16.7 Å². The van der Waals surface area contributed by atoms with E-state index in [0.29, 0.717) is 5.91 Å².